The van der Waals surface area contributed by atoms with E-state index in [1.54, 1.807) is 11.9 Å². The summed E-state index contributed by atoms with van der Waals surface area (Å²) in [4.78, 5) is 13.7. The molecule has 1 heterocycles. The predicted octanol–water partition coefficient (Wildman–Crippen LogP) is 4.14. The van der Waals surface area contributed by atoms with Crippen LogP contribution < -0.4 is 5.32 Å². The van der Waals surface area contributed by atoms with Gasteiger partial charge in [0.1, 0.15) is 0 Å². The Balaban J connectivity index is 1.49. The SMILES string of the molecule is CN(Cc1ccccc1)C(=O)NCCc1nnc(-c2ccc(C(F)(F)F)cc2)o1. The van der Waals surface area contributed by atoms with E-state index in [-0.39, 0.29) is 24.4 Å². The highest BCUT2D eigenvalue weighted by atomic mass is 19.4. The van der Waals surface area contributed by atoms with Crippen LogP contribution in [-0.4, -0.2) is 34.7 Å². The molecule has 0 radical (unpaired) electrons. The number of carbonyl (C=O) groups is 1. The van der Waals surface area contributed by atoms with Gasteiger partial charge in [0.25, 0.3) is 0 Å². The van der Waals surface area contributed by atoms with E-state index in [0.717, 1.165) is 17.7 Å². The van der Waals surface area contributed by atoms with Crippen molar-refractivity contribution < 1.29 is 22.4 Å². The molecule has 0 bridgehead atoms. The minimum atomic E-state index is -4.40. The van der Waals surface area contributed by atoms with Gasteiger partial charge in [-0.05, 0) is 29.8 Å². The van der Waals surface area contributed by atoms with E-state index >= 15 is 0 Å². The summed E-state index contributed by atoms with van der Waals surface area (Å²) in [5, 5.41) is 10.5. The van der Waals surface area contributed by atoms with E-state index in [0.29, 0.717) is 18.5 Å². The lowest BCUT2D eigenvalue weighted by molar-refractivity contribution is -0.137. The van der Waals surface area contributed by atoms with Crippen LogP contribution in [0.2, 0.25) is 0 Å². The highest BCUT2D eigenvalue weighted by Crippen LogP contribution is 2.30. The molecule has 2 amide bonds. The number of alkyl halides is 3. The third-order valence-corrected chi connectivity index (χ3v) is 4.15. The number of hydrogen-bond acceptors (Lipinski definition) is 4. The van der Waals surface area contributed by atoms with Crippen molar-refractivity contribution in [2.45, 2.75) is 19.1 Å². The Kier molecular flexibility index (Phi) is 6.16. The van der Waals surface area contributed by atoms with Crippen molar-refractivity contribution in [2.75, 3.05) is 13.6 Å². The molecular formula is C20H19F3N4O2. The number of nitrogens with zero attached hydrogens (tertiary/aromatic N) is 3. The largest absolute Gasteiger partial charge is 0.421 e. The zero-order chi connectivity index (χ0) is 20.9. The molecule has 0 aliphatic rings. The average Bonchev–Trinajstić information content (AvgIpc) is 3.17. The molecule has 0 aliphatic carbocycles. The van der Waals surface area contributed by atoms with Crippen molar-refractivity contribution in [3.8, 4) is 11.5 Å². The molecule has 2 aromatic carbocycles. The predicted molar refractivity (Wildman–Crippen MR) is 99.7 cm³/mol. The van der Waals surface area contributed by atoms with Crippen molar-refractivity contribution in [3.05, 3.63) is 71.6 Å². The van der Waals surface area contributed by atoms with E-state index in [9.17, 15) is 18.0 Å². The molecule has 1 N–H and O–H groups in total. The van der Waals surface area contributed by atoms with E-state index in [1.807, 2.05) is 30.3 Å². The quantitative estimate of drug-likeness (QED) is 0.670. The Labute approximate surface area is 165 Å². The van der Waals surface area contributed by atoms with E-state index in [2.05, 4.69) is 15.5 Å². The number of carbonyl (C=O) groups excluding carboxylic acids is 1. The number of aromatic nitrogens is 2. The minimum Gasteiger partial charge on any atom is -0.421 e. The fourth-order valence-electron chi connectivity index (χ4n) is 2.61. The molecule has 0 saturated carbocycles. The van der Waals surface area contributed by atoms with E-state index in [1.165, 1.54) is 12.1 Å². The molecule has 0 spiro atoms. The van der Waals surface area contributed by atoms with Crippen LogP contribution in [0.1, 0.15) is 17.0 Å². The highest BCUT2D eigenvalue weighted by molar-refractivity contribution is 5.73. The van der Waals surface area contributed by atoms with Crippen LogP contribution in [0.25, 0.3) is 11.5 Å². The topological polar surface area (TPSA) is 71.3 Å². The van der Waals surface area contributed by atoms with Gasteiger partial charge in [-0.3, -0.25) is 0 Å². The summed E-state index contributed by atoms with van der Waals surface area (Å²) >= 11 is 0. The van der Waals surface area contributed by atoms with Gasteiger partial charge >= 0.3 is 12.2 Å². The molecule has 6 nitrogen and oxygen atoms in total. The zero-order valence-corrected chi connectivity index (χ0v) is 15.6. The van der Waals surface area contributed by atoms with Crippen molar-refractivity contribution in [3.63, 3.8) is 0 Å². The zero-order valence-electron chi connectivity index (χ0n) is 15.6. The van der Waals surface area contributed by atoms with Gasteiger partial charge in [-0.1, -0.05) is 30.3 Å². The number of hydrogen-bond donors (Lipinski definition) is 1. The van der Waals surface area contributed by atoms with Gasteiger partial charge in [0, 0.05) is 32.1 Å². The van der Waals surface area contributed by atoms with Gasteiger partial charge in [0.15, 0.2) is 0 Å². The molecular weight excluding hydrogens is 385 g/mol. The van der Waals surface area contributed by atoms with Gasteiger partial charge in [-0.2, -0.15) is 13.2 Å². The molecule has 0 saturated heterocycles. The fraction of sp³-hybridized carbons (Fsp3) is 0.250. The number of urea groups is 1. The van der Waals surface area contributed by atoms with Crippen LogP contribution in [0.15, 0.2) is 59.0 Å². The maximum Gasteiger partial charge on any atom is 0.416 e. The monoisotopic (exact) mass is 404 g/mol. The van der Waals surface area contributed by atoms with Crippen molar-refractivity contribution >= 4 is 6.03 Å². The summed E-state index contributed by atoms with van der Waals surface area (Å²) in [5.41, 5.74) is 0.662. The second-order valence-corrected chi connectivity index (χ2v) is 6.40. The first-order valence-corrected chi connectivity index (χ1v) is 8.86. The lowest BCUT2D eigenvalue weighted by Crippen LogP contribution is -2.37. The number of rotatable bonds is 6. The summed E-state index contributed by atoms with van der Waals surface area (Å²) in [6, 6.07) is 13.8. The van der Waals surface area contributed by atoms with Crippen LogP contribution in [0.5, 0.6) is 0 Å². The van der Waals surface area contributed by atoms with Gasteiger partial charge in [-0.15, -0.1) is 10.2 Å². The van der Waals surface area contributed by atoms with Crippen molar-refractivity contribution in [1.29, 1.82) is 0 Å². The highest BCUT2D eigenvalue weighted by Gasteiger charge is 2.30. The van der Waals surface area contributed by atoms with E-state index in [4.69, 9.17) is 4.42 Å². The van der Waals surface area contributed by atoms with Gasteiger partial charge in [0.05, 0.1) is 5.56 Å². The maximum atomic E-state index is 12.6. The lowest BCUT2D eigenvalue weighted by Gasteiger charge is -2.17. The molecule has 3 aromatic rings. The summed E-state index contributed by atoms with van der Waals surface area (Å²) in [6.07, 6.45) is -4.09. The van der Waals surface area contributed by atoms with Crippen LogP contribution in [0.4, 0.5) is 18.0 Å². The summed E-state index contributed by atoms with van der Waals surface area (Å²) in [5.74, 6) is 0.409. The average molecular weight is 404 g/mol. The smallest absolute Gasteiger partial charge is 0.416 e. The van der Waals surface area contributed by atoms with Gasteiger partial charge in [0.2, 0.25) is 11.8 Å². The molecule has 0 aliphatic heterocycles. The number of nitrogens with one attached hydrogen (secondary N) is 1. The van der Waals surface area contributed by atoms with Crippen LogP contribution in [-0.2, 0) is 19.1 Å². The van der Waals surface area contributed by atoms with Crippen molar-refractivity contribution in [1.82, 2.24) is 20.4 Å². The summed E-state index contributed by atoms with van der Waals surface area (Å²) < 4.78 is 43.3. The molecule has 1 aromatic heterocycles. The van der Waals surface area contributed by atoms with E-state index < -0.39 is 11.7 Å². The maximum absolute atomic E-state index is 12.6. The van der Waals surface area contributed by atoms with Crippen LogP contribution in [0, 0.1) is 0 Å². The summed E-state index contributed by atoms with van der Waals surface area (Å²) in [7, 11) is 1.69. The minimum absolute atomic E-state index is 0.126. The Morgan fingerprint density at radius 3 is 2.41 bits per heavy atom. The molecule has 0 fully saturated rings. The first-order valence-electron chi connectivity index (χ1n) is 8.86. The molecule has 9 heteroatoms. The number of halogens is 3. The normalized spacial score (nSPS) is 11.3. The van der Waals surface area contributed by atoms with Gasteiger partial charge in [-0.25, -0.2) is 4.79 Å². The van der Waals surface area contributed by atoms with Gasteiger partial charge < -0.3 is 14.6 Å². The third kappa shape index (κ3) is 5.56. The molecule has 0 unspecified atom stereocenters. The Bertz CT molecular complexity index is 940. The standard InChI is InChI=1S/C20H19F3N4O2/c1-27(13-14-5-3-2-4-6-14)19(28)24-12-11-17-25-26-18(29-17)15-7-9-16(10-8-15)20(21,22)23/h2-10H,11-13H2,1H3,(H,24,28). The Hall–Kier alpha value is -3.36. The van der Waals surface area contributed by atoms with Crippen LogP contribution >= 0.6 is 0 Å². The fourth-order valence-corrected chi connectivity index (χ4v) is 2.61. The Morgan fingerprint density at radius 2 is 1.76 bits per heavy atom. The molecule has 152 valence electrons. The Morgan fingerprint density at radius 1 is 1.07 bits per heavy atom. The first kappa shape index (κ1) is 20.4. The van der Waals surface area contributed by atoms with Crippen molar-refractivity contribution in [2.24, 2.45) is 0 Å². The number of benzene rings is 2. The molecule has 0 atom stereocenters. The molecule has 3 rings (SSSR count). The summed E-state index contributed by atoms with van der Waals surface area (Å²) in [6.45, 7) is 0.762. The lowest BCUT2D eigenvalue weighted by atomic mass is 10.1. The van der Waals surface area contributed by atoms with Crippen LogP contribution in [0.3, 0.4) is 0 Å². The second-order valence-electron chi connectivity index (χ2n) is 6.40. The second kappa shape index (κ2) is 8.76. The first-order chi connectivity index (χ1) is 13.8. The molecule has 29 heavy (non-hydrogen) atoms. The third-order valence-electron chi connectivity index (χ3n) is 4.15. The number of amides is 2.